The number of hydrogen-bond donors (Lipinski definition) is 0. The first-order chi connectivity index (χ1) is 17.9. The van der Waals surface area contributed by atoms with Gasteiger partial charge in [-0.05, 0) is 81.9 Å². The molecule has 0 amide bonds. The molecule has 3 aromatic rings. The summed E-state index contributed by atoms with van der Waals surface area (Å²) in [5.41, 5.74) is 3.55. The minimum Gasteiger partial charge on any atom is -0.489 e. The predicted molar refractivity (Wildman–Crippen MR) is 148 cm³/mol. The highest BCUT2D eigenvalue weighted by Gasteiger charge is 2.52. The summed E-state index contributed by atoms with van der Waals surface area (Å²) in [4.78, 5) is 0. The number of fused-ring (bicyclic) bond motifs is 1. The standard InChI is InChI=1S/C29H34BNO6S/c1-20-12-13-24(30-36-28(3,4)29(5,6)37-30)17-26(20)21(2)31-18-23-16-25(14-15-27(23)35-38(31,32)33)34-19-22-10-8-7-9-11-22/h7-17,21H,18-19H2,1-6H3/t21-/m1/s1. The Hall–Kier alpha value is -2.85. The monoisotopic (exact) mass is 535 g/mol. The van der Waals surface area contributed by atoms with Crippen molar-refractivity contribution in [3.8, 4) is 11.5 Å². The number of aryl methyl sites for hydroxylation is 1. The Morgan fingerprint density at radius 1 is 0.974 bits per heavy atom. The van der Waals surface area contributed by atoms with E-state index in [0.717, 1.165) is 27.7 Å². The van der Waals surface area contributed by atoms with Crippen molar-refractivity contribution in [1.82, 2.24) is 4.31 Å². The Morgan fingerprint density at radius 3 is 2.34 bits per heavy atom. The summed E-state index contributed by atoms with van der Waals surface area (Å²) >= 11 is 0. The Balaban J connectivity index is 1.39. The van der Waals surface area contributed by atoms with Crippen LogP contribution < -0.4 is 14.4 Å². The minimum absolute atomic E-state index is 0.168. The molecule has 0 aromatic heterocycles. The molecule has 0 N–H and O–H groups in total. The van der Waals surface area contributed by atoms with Gasteiger partial charge in [0.2, 0.25) is 0 Å². The van der Waals surface area contributed by atoms with Gasteiger partial charge in [0.05, 0.1) is 17.2 Å². The molecule has 200 valence electrons. The molecule has 1 saturated heterocycles. The first-order valence-corrected chi connectivity index (χ1v) is 14.2. The molecule has 1 fully saturated rings. The van der Waals surface area contributed by atoms with Crippen molar-refractivity contribution < 1.29 is 26.6 Å². The van der Waals surface area contributed by atoms with Gasteiger partial charge < -0.3 is 18.2 Å². The maximum Gasteiger partial charge on any atom is 0.494 e. The maximum atomic E-state index is 13.2. The van der Waals surface area contributed by atoms with Gasteiger partial charge in [-0.1, -0.05) is 48.5 Å². The molecule has 0 saturated carbocycles. The van der Waals surface area contributed by atoms with Crippen LogP contribution >= 0.6 is 0 Å². The van der Waals surface area contributed by atoms with Crippen molar-refractivity contribution in [3.05, 3.63) is 89.0 Å². The molecule has 0 spiro atoms. The van der Waals surface area contributed by atoms with E-state index >= 15 is 0 Å². The zero-order chi connectivity index (χ0) is 27.3. The Morgan fingerprint density at radius 2 is 1.66 bits per heavy atom. The molecule has 5 rings (SSSR count). The van der Waals surface area contributed by atoms with E-state index in [2.05, 4.69) is 0 Å². The Kier molecular flexibility index (Phi) is 6.84. The van der Waals surface area contributed by atoms with E-state index in [1.165, 1.54) is 4.31 Å². The second-order valence-electron chi connectivity index (χ2n) is 11.0. The molecule has 0 unspecified atom stereocenters. The van der Waals surface area contributed by atoms with Crippen molar-refractivity contribution >= 4 is 22.9 Å². The van der Waals surface area contributed by atoms with Crippen LogP contribution in [0.25, 0.3) is 0 Å². The summed E-state index contributed by atoms with van der Waals surface area (Å²) in [6.07, 6.45) is 0. The third-order valence-corrected chi connectivity index (χ3v) is 9.21. The molecule has 7 nitrogen and oxygen atoms in total. The van der Waals surface area contributed by atoms with E-state index < -0.39 is 34.7 Å². The first kappa shape index (κ1) is 26.7. The second kappa shape index (κ2) is 9.72. The minimum atomic E-state index is -4.01. The highest BCUT2D eigenvalue weighted by Crippen LogP contribution is 2.39. The molecular weight excluding hydrogens is 501 g/mol. The van der Waals surface area contributed by atoms with Gasteiger partial charge in [0.15, 0.2) is 0 Å². The largest absolute Gasteiger partial charge is 0.494 e. The van der Waals surface area contributed by atoms with Gasteiger partial charge >= 0.3 is 17.4 Å². The van der Waals surface area contributed by atoms with Crippen LogP contribution in [-0.4, -0.2) is 31.0 Å². The van der Waals surface area contributed by atoms with Crippen LogP contribution in [0.2, 0.25) is 0 Å². The van der Waals surface area contributed by atoms with E-state index in [1.807, 2.05) is 96.1 Å². The van der Waals surface area contributed by atoms with Crippen LogP contribution in [0.4, 0.5) is 0 Å². The smallest absolute Gasteiger partial charge is 0.489 e. The number of hydrogen-bond acceptors (Lipinski definition) is 6. The van der Waals surface area contributed by atoms with E-state index in [0.29, 0.717) is 18.1 Å². The second-order valence-corrected chi connectivity index (χ2v) is 12.5. The van der Waals surface area contributed by atoms with Gasteiger partial charge in [-0.2, -0.15) is 12.7 Å². The van der Waals surface area contributed by atoms with Gasteiger partial charge in [0.25, 0.3) is 0 Å². The number of rotatable bonds is 6. The van der Waals surface area contributed by atoms with Gasteiger partial charge in [0, 0.05) is 12.1 Å². The molecule has 0 bridgehead atoms. The lowest BCUT2D eigenvalue weighted by Crippen LogP contribution is -2.41. The van der Waals surface area contributed by atoms with E-state index in [4.69, 9.17) is 18.2 Å². The lowest BCUT2D eigenvalue weighted by Gasteiger charge is -2.33. The van der Waals surface area contributed by atoms with Crippen LogP contribution in [0.5, 0.6) is 11.5 Å². The highest BCUT2D eigenvalue weighted by molar-refractivity contribution is 7.84. The fraction of sp³-hybridized carbons (Fsp3) is 0.379. The zero-order valence-electron chi connectivity index (χ0n) is 22.7. The van der Waals surface area contributed by atoms with Crippen molar-refractivity contribution in [2.24, 2.45) is 0 Å². The van der Waals surface area contributed by atoms with Crippen molar-refractivity contribution in [2.75, 3.05) is 0 Å². The van der Waals surface area contributed by atoms with E-state index in [9.17, 15) is 8.42 Å². The van der Waals surface area contributed by atoms with Gasteiger partial charge in [0.1, 0.15) is 18.1 Å². The van der Waals surface area contributed by atoms with Gasteiger partial charge in [-0.15, -0.1) is 0 Å². The van der Waals surface area contributed by atoms with E-state index in [1.54, 1.807) is 12.1 Å². The van der Waals surface area contributed by atoms with Gasteiger partial charge in [-0.25, -0.2) is 0 Å². The lowest BCUT2D eigenvalue weighted by molar-refractivity contribution is 0.00578. The molecule has 0 radical (unpaired) electrons. The number of benzene rings is 3. The number of nitrogens with zero attached hydrogens (tertiary/aromatic N) is 1. The normalized spacial score (nSPS) is 20.4. The highest BCUT2D eigenvalue weighted by atomic mass is 32.2. The molecule has 2 heterocycles. The molecule has 9 heteroatoms. The zero-order valence-corrected chi connectivity index (χ0v) is 23.5. The van der Waals surface area contributed by atoms with Crippen molar-refractivity contribution in [1.29, 1.82) is 0 Å². The third kappa shape index (κ3) is 5.08. The van der Waals surface area contributed by atoms with Crippen LogP contribution in [0.3, 0.4) is 0 Å². The number of ether oxygens (including phenoxy) is 1. The molecule has 3 aromatic carbocycles. The SMILES string of the molecule is Cc1ccc(B2OC(C)(C)C(C)(C)O2)cc1[C@@H](C)N1Cc2cc(OCc3ccccc3)ccc2OS1(=O)=O. The molecule has 38 heavy (non-hydrogen) atoms. The fourth-order valence-corrected chi connectivity index (χ4v) is 6.00. The summed E-state index contributed by atoms with van der Waals surface area (Å²) in [7, 11) is -4.54. The average molecular weight is 535 g/mol. The van der Waals surface area contributed by atoms with Crippen molar-refractivity contribution in [2.45, 2.75) is 71.9 Å². The molecule has 0 aliphatic carbocycles. The van der Waals surface area contributed by atoms with Crippen LogP contribution in [-0.2, 0) is 32.8 Å². The first-order valence-electron chi connectivity index (χ1n) is 12.8. The summed E-state index contributed by atoms with van der Waals surface area (Å²) in [5, 5.41) is 0. The third-order valence-electron chi connectivity index (χ3n) is 7.80. The topological polar surface area (TPSA) is 74.3 Å². The van der Waals surface area contributed by atoms with Crippen LogP contribution in [0.15, 0.2) is 66.7 Å². The maximum absolute atomic E-state index is 13.2. The summed E-state index contributed by atoms with van der Waals surface area (Å²) in [6.45, 7) is 12.5. The quantitative estimate of drug-likeness (QED) is 0.411. The van der Waals surface area contributed by atoms with E-state index in [-0.39, 0.29) is 6.54 Å². The summed E-state index contributed by atoms with van der Waals surface area (Å²) in [5.74, 6) is 0.977. The Labute approximate surface area is 226 Å². The van der Waals surface area contributed by atoms with Gasteiger partial charge in [-0.3, -0.25) is 0 Å². The Bertz CT molecular complexity index is 1420. The van der Waals surface area contributed by atoms with Crippen LogP contribution in [0, 0.1) is 6.92 Å². The molecule has 2 aliphatic heterocycles. The molecule has 1 atom stereocenters. The summed E-state index contributed by atoms with van der Waals surface area (Å²) in [6, 6.07) is 20.6. The molecular formula is C29H34BNO6S. The average Bonchev–Trinajstić information content (AvgIpc) is 3.09. The van der Waals surface area contributed by atoms with Crippen molar-refractivity contribution in [3.63, 3.8) is 0 Å². The summed E-state index contributed by atoms with van der Waals surface area (Å²) < 4.78 is 51.7. The molecule has 2 aliphatic rings. The lowest BCUT2D eigenvalue weighted by atomic mass is 9.77. The fourth-order valence-electron chi connectivity index (χ4n) is 4.72. The van der Waals surface area contributed by atoms with Crippen LogP contribution in [0.1, 0.15) is 62.9 Å². The predicted octanol–water partition coefficient (Wildman–Crippen LogP) is 5.07.